The van der Waals surface area contributed by atoms with E-state index in [0.29, 0.717) is 25.7 Å². The van der Waals surface area contributed by atoms with Gasteiger partial charge in [-0.05, 0) is 12.3 Å². The normalized spacial score (nSPS) is 22.6. The first-order chi connectivity index (χ1) is 10.1. The molecule has 2 aliphatic rings. The van der Waals surface area contributed by atoms with Gasteiger partial charge in [0, 0.05) is 26.1 Å². The van der Waals surface area contributed by atoms with Gasteiger partial charge in [-0.1, -0.05) is 25.6 Å². The number of nitrogens with zero attached hydrogens (tertiary/aromatic N) is 2. The molecular formula is C14H23N3O3S. The number of carbonyl (C=O) groups excluding carboxylic acids is 2. The van der Waals surface area contributed by atoms with E-state index in [9.17, 15) is 9.59 Å². The summed E-state index contributed by atoms with van der Waals surface area (Å²) in [6.45, 7) is 7.73. The van der Waals surface area contributed by atoms with Crippen molar-refractivity contribution in [3.05, 3.63) is 0 Å². The summed E-state index contributed by atoms with van der Waals surface area (Å²) in [6.07, 6.45) is 1.16. The standard InChI is InChI=1S/C14H23N3O3S/c1-10(2)3-4-15-12(18)9-11-13(19)16-14(21-11)17-5-7-20-8-6-17/h10-11H,3-9H2,1-2H3,(H,15,18)/t11-/m1/s1. The van der Waals surface area contributed by atoms with Crippen molar-refractivity contribution in [3.63, 3.8) is 0 Å². The first kappa shape index (κ1) is 16.3. The van der Waals surface area contributed by atoms with Crippen LogP contribution in [0, 0.1) is 5.92 Å². The van der Waals surface area contributed by atoms with Crippen LogP contribution in [-0.2, 0) is 14.3 Å². The van der Waals surface area contributed by atoms with Crippen molar-refractivity contribution in [2.75, 3.05) is 32.8 Å². The Labute approximate surface area is 129 Å². The molecule has 2 rings (SSSR count). The fourth-order valence-corrected chi connectivity index (χ4v) is 3.26. The lowest BCUT2D eigenvalue weighted by atomic mass is 10.1. The van der Waals surface area contributed by atoms with Crippen molar-refractivity contribution in [3.8, 4) is 0 Å². The van der Waals surface area contributed by atoms with Gasteiger partial charge in [0.25, 0.3) is 5.91 Å². The van der Waals surface area contributed by atoms with E-state index in [-0.39, 0.29) is 23.5 Å². The smallest absolute Gasteiger partial charge is 0.262 e. The van der Waals surface area contributed by atoms with E-state index in [1.165, 1.54) is 11.8 Å². The van der Waals surface area contributed by atoms with Crippen LogP contribution in [-0.4, -0.2) is 60.0 Å². The molecular weight excluding hydrogens is 290 g/mol. The highest BCUT2D eigenvalue weighted by Gasteiger charge is 2.33. The van der Waals surface area contributed by atoms with Crippen LogP contribution in [0.25, 0.3) is 0 Å². The summed E-state index contributed by atoms with van der Waals surface area (Å²) in [5.74, 6) is 0.296. The van der Waals surface area contributed by atoms with Crippen LogP contribution in [0.1, 0.15) is 26.7 Å². The maximum absolute atomic E-state index is 11.9. The summed E-state index contributed by atoms with van der Waals surface area (Å²) in [7, 11) is 0. The quantitative estimate of drug-likeness (QED) is 0.815. The van der Waals surface area contributed by atoms with Gasteiger partial charge in [0.1, 0.15) is 5.25 Å². The zero-order valence-corrected chi connectivity index (χ0v) is 13.4. The molecule has 21 heavy (non-hydrogen) atoms. The van der Waals surface area contributed by atoms with Gasteiger partial charge < -0.3 is 15.0 Å². The van der Waals surface area contributed by atoms with Crippen molar-refractivity contribution >= 4 is 28.7 Å². The first-order valence-electron chi connectivity index (χ1n) is 7.45. The second-order valence-corrected chi connectivity index (χ2v) is 6.85. The number of amidine groups is 1. The summed E-state index contributed by atoms with van der Waals surface area (Å²) in [4.78, 5) is 29.9. The van der Waals surface area contributed by atoms with Crippen LogP contribution < -0.4 is 5.32 Å². The minimum absolute atomic E-state index is 0.0695. The molecule has 118 valence electrons. The average Bonchev–Trinajstić information content (AvgIpc) is 2.81. The zero-order valence-electron chi connectivity index (χ0n) is 12.6. The van der Waals surface area contributed by atoms with Crippen molar-refractivity contribution in [2.24, 2.45) is 10.9 Å². The molecule has 2 amide bonds. The van der Waals surface area contributed by atoms with Crippen LogP contribution >= 0.6 is 11.8 Å². The van der Waals surface area contributed by atoms with Gasteiger partial charge >= 0.3 is 0 Å². The summed E-state index contributed by atoms with van der Waals surface area (Å²) in [6, 6.07) is 0. The number of aliphatic imine (C=N–C) groups is 1. The fourth-order valence-electron chi connectivity index (χ4n) is 2.14. The number of hydrogen-bond donors (Lipinski definition) is 1. The van der Waals surface area contributed by atoms with E-state index in [1.807, 2.05) is 0 Å². The van der Waals surface area contributed by atoms with Crippen molar-refractivity contribution in [1.29, 1.82) is 0 Å². The molecule has 2 heterocycles. The molecule has 1 saturated heterocycles. The van der Waals surface area contributed by atoms with Gasteiger partial charge in [0.2, 0.25) is 5.91 Å². The number of nitrogens with one attached hydrogen (secondary N) is 1. The molecule has 0 radical (unpaired) electrons. The van der Waals surface area contributed by atoms with Crippen LogP contribution in [0.15, 0.2) is 4.99 Å². The van der Waals surface area contributed by atoms with E-state index in [4.69, 9.17) is 4.74 Å². The lowest BCUT2D eigenvalue weighted by Crippen LogP contribution is -2.39. The Balaban J connectivity index is 1.75. The summed E-state index contributed by atoms with van der Waals surface area (Å²) in [5.41, 5.74) is 0. The largest absolute Gasteiger partial charge is 0.378 e. The maximum atomic E-state index is 11.9. The number of rotatable bonds is 5. The van der Waals surface area contributed by atoms with Gasteiger partial charge in [-0.15, -0.1) is 0 Å². The number of amides is 2. The minimum Gasteiger partial charge on any atom is -0.378 e. The summed E-state index contributed by atoms with van der Waals surface area (Å²) in [5, 5.41) is 3.23. The number of morpholine rings is 1. The second kappa shape index (κ2) is 7.79. The van der Waals surface area contributed by atoms with Gasteiger partial charge in [-0.25, -0.2) is 0 Å². The zero-order chi connectivity index (χ0) is 15.2. The molecule has 7 heteroatoms. The van der Waals surface area contributed by atoms with Crippen LogP contribution in [0.4, 0.5) is 0 Å². The SMILES string of the molecule is CC(C)CCNC(=O)C[C@H]1SC(N2CCOCC2)=NC1=O. The fraction of sp³-hybridized carbons (Fsp3) is 0.786. The van der Waals surface area contributed by atoms with Crippen LogP contribution in [0.5, 0.6) is 0 Å². The molecule has 0 unspecified atom stereocenters. The number of ether oxygens (including phenoxy) is 1. The maximum Gasteiger partial charge on any atom is 0.262 e. The molecule has 0 spiro atoms. The highest BCUT2D eigenvalue weighted by molar-refractivity contribution is 8.15. The molecule has 2 aliphatic heterocycles. The van der Waals surface area contributed by atoms with E-state index >= 15 is 0 Å². The van der Waals surface area contributed by atoms with Gasteiger partial charge in [-0.2, -0.15) is 4.99 Å². The number of carbonyl (C=O) groups is 2. The highest BCUT2D eigenvalue weighted by Crippen LogP contribution is 2.27. The first-order valence-corrected chi connectivity index (χ1v) is 8.33. The van der Waals surface area contributed by atoms with Gasteiger partial charge in [-0.3, -0.25) is 9.59 Å². The third kappa shape index (κ3) is 5.00. The topological polar surface area (TPSA) is 71.0 Å². The van der Waals surface area contributed by atoms with E-state index in [1.54, 1.807) is 0 Å². The summed E-state index contributed by atoms with van der Waals surface area (Å²) < 4.78 is 5.29. The molecule has 0 aromatic heterocycles. The lowest BCUT2D eigenvalue weighted by molar-refractivity contribution is -0.124. The third-order valence-electron chi connectivity index (χ3n) is 3.43. The molecule has 0 aromatic carbocycles. The van der Waals surface area contributed by atoms with Crippen molar-refractivity contribution < 1.29 is 14.3 Å². The molecule has 1 N–H and O–H groups in total. The van der Waals surface area contributed by atoms with Crippen molar-refractivity contribution in [2.45, 2.75) is 31.9 Å². The molecule has 1 fully saturated rings. The Morgan fingerprint density at radius 2 is 2.19 bits per heavy atom. The van der Waals surface area contributed by atoms with E-state index < -0.39 is 0 Å². The van der Waals surface area contributed by atoms with E-state index in [0.717, 1.165) is 24.7 Å². The van der Waals surface area contributed by atoms with Gasteiger partial charge in [0.15, 0.2) is 5.17 Å². The number of thioether (sulfide) groups is 1. The molecule has 1 atom stereocenters. The average molecular weight is 313 g/mol. The Bertz CT molecular complexity index is 420. The lowest BCUT2D eigenvalue weighted by Gasteiger charge is -2.27. The Morgan fingerprint density at radius 3 is 2.86 bits per heavy atom. The predicted octanol–water partition coefficient (Wildman–Crippen LogP) is 0.869. The predicted molar refractivity (Wildman–Crippen MR) is 83.3 cm³/mol. The molecule has 0 aromatic rings. The number of hydrogen-bond acceptors (Lipinski definition) is 5. The summed E-state index contributed by atoms with van der Waals surface area (Å²) >= 11 is 1.40. The minimum atomic E-state index is -0.373. The Hall–Kier alpha value is -1.08. The third-order valence-corrected chi connectivity index (χ3v) is 4.64. The monoisotopic (exact) mass is 313 g/mol. The molecule has 0 bridgehead atoms. The van der Waals surface area contributed by atoms with Gasteiger partial charge in [0.05, 0.1) is 13.2 Å². The van der Waals surface area contributed by atoms with Crippen molar-refractivity contribution in [1.82, 2.24) is 10.2 Å². The highest BCUT2D eigenvalue weighted by atomic mass is 32.2. The molecule has 0 aliphatic carbocycles. The van der Waals surface area contributed by atoms with Crippen LogP contribution in [0.3, 0.4) is 0 Å². The van der Waals surface area contributed by atoms with E-state index in [2.05, 4.69) is 29.1 Å². The molecule has 6 nitrogen and oxygen atoms in total. The second-order valence-electron chi connectivity index (χ2n) is 5.68. The Kier molecular flexibility index (Phi) is 6.05. The Morgan fingerprint density at radius 1 is 1.48 bits per heavy atom. The van der Waals surface area contributed by atoms with Crippen LogP contribution in [0.2, 0.25) is 0 Å². The molecule has 0 saturated carbocycles.